The van der Waals surface area contributed by atoms with E-state index in [9.17, 15) is 4.79 Å². The summed E-state index contributed by atoms with van der Waals surface area (Å²) in [6, 6.07) is 1.89. The predicted molar refractivity (Wildman–Crippen MR) is 48.0 cm³/mol. The molecule has 1 amide bonds. The van der Waals surface area contributed by atoms with Crippen molar-refractivity contribution in [1.29, 1.82) is 0 Å². The summed E-state index contributed by atoms with van der Waals surface area (Å²) < 4.78 is 5.09. The van der Waals surface area contributed by atoms with Gasteiger partial charge in [-0.15, -0.1) is 11.8 Å². The first kappa shape index (κ1) is 9.19. The van der Waals surface area contributed by atoms with E-state index in [1.807, 2.05) is 13.0 Å². The Labute approximate surface area is 75.3 Å². The van der Waals surface area contributed by atoms with E-state index in [0.29, 0.717) is 6.42 Å². The molecule has 3 nitrogen and oxygen atoms in total. The highest BCUT2D eigenvalue weighted by Gasteiger charge is 2.02. The van der Waals surface area contributed by atoms with Crippen LogP contribution >= 0.6 is 11.8 Å². The lowest BCUT2D eigenvalue weighted by molar-refractivity contribution is -0.117. The highest BCUT2D eigenvalue weighted by atomic mass is 32.2. The first-order chi connectivity index (χ1) is 5.70. The molecule has 0 bridgehead atoms. The first-order valence-corrected chi connectivity index (χ1v) is 4.64. The zero-order valence-corrected chi connectivity index (χ0v) is 7.69. The maximum atomic E-state index is 10.4. The smallest absolute Gasteiger partial charge is 0.218 e. The zero-order valence-electron chi connectivity index (χ0n) is 6.87. The standard InChI is InChI=1S/C8H11NO2S/c1-6-7(2-4-11-6)12-5-3-8(9)10/h2,4H,3,5H2,1H3,(H2,9,10). The van der Waals surface area contributed by atoms with Gasteiger partial charge in [-0.3, -0.25) is 4.79 Å². The Morgan fingerprint density at radius 2 is 2.50 bits per heavy atom. The number of thioether (sulfide) groups is 1. The molecule has 0 saturated carbocycles. The van der Waals surface area contributed by atoms with E-state index in [1.165, 1.54) is 0 Å². The lowest BCUT2D eigenvalue weighted by Crippen LogP contribution is -2.10. The van der Waals surface area contributed by atoms with Gasteiger partial charge in [-0.2, -0.15) is 0 Å². The number of carbonyl (C=O) groups is 1. The molecule has 1 heterocycles. The van der Waals surface area contributed by atoms with Crippen molar-refractivity contribution in [2.24, 2.45) is 5.73 Å². The molecule has 0 saturated heterocycles. The van der Waals surface area contributed by atoms with Gasteiger partial charge in [0.25, 0.3) is 0 Å². The average molecular weight is 185 g/mol. The molecule has 0 aliphatic heterocycles. The van der Waals surface area contributed by atoms with Gasteiger partial charge < -0.3 is 10.2 Å². The molecule has 2 N–H and O–H groups in total. The highest BCUT2D eigenvalue weighted by Crippen LogP contribution is 2.23. The summed E-state index contributed by atoms with van der Waals surface area (Å²) in [4.78, 5) is 11.5. The summed E-state index contributed by atoms with van der Waals surface area (Å²) in [6.45, 7) is 1.90. The molecule has 12 heavy (non-hydrogen) atoms. The molecule has 0 atom stereocenters. The number of primary amides is 1. The third-order valence-corrected chi connectivity index (χ3v) is 2.56. The van der Waals surface area contributed by atoms with Crippen LogP contribution < -0.4 is 5.73 Å². The van der Waals surface area contributed by atoms with E-state index in [1.54, 1.807) is 18.0 Å². The molecule has 1 rings (SSSR count). The second-order valence-corrected chi connectivity index (χ2v) is 3.54. The fourth-order valence-corrected chi connectivity index (χ4v) is 1.71. The van der Waals surface area contributed by atoms with Crippen LogP contribution in [0.25, 0.3) is 0 Å². The van der Waals surface area contributed by atoms with Crippen LogP contribution in [0.4, 0.5) is 0 Å². The van der Waals surface area contributed by atoms with Crippen molar-refractivity contribution in [3.63, 3.8) is 0 Å². The zero-order chi connectivity index (χ0) is 8.97. The van der Waals surface area contributed by atoms with Gasteiger partial charge in [0, 0.05) is 17.1 Å². The predicted octanol–water partition coefficient (Wildman–Crippen LogP) is 1.56. The molecule has 0 fully saturated rings. The van der Waals surface area contributed by atoms with E-state index < -0.39 is 0 Å². The Hall–Kier alpha value is -0.900. The molecular weight excluding hydrogens is 174 g/mol. The number of amides is 1. The van der Waals surface area contributed by atoms with Crippen molar-refractivity contribution in [3.05, 3.63) is 18.1 Å². The van der Waals surface area contributed by atoms with Crippen LogP contribution in [-0.2, 0) is 4.79 Å². The molecule has 0 aliphatic rings. The number of carbonyl (C=O) groups excluding carboxylic acids is 1. The first-order valence-electron chi connectivity index (χ1n) is 3.65. The summed E-state index contributed by atoms with van der Waals surface area (Å²) in [6.07, 6.45) is 2.05. The Morgan fingerprint density at radius 1 is 1.75 bits per heavy atom. The van der Waals surface area contributed by atoms with Crippen LogP contribution in [0.15, 0.2) is 21.6 Å². The van der Waals surface area contributed by atoms with Crippen LogP contribution in [0.5, 0.6) is 0 Å². The van der Waals surface area contributed by atoms with Gasteiger partial charge in [-0.05, 0) is 13.0 Å². The van der Waals surface area contributed by atoms with Crippen LogP contribution in [0.1, 0.15) is 12.2 Å². The molecule has 4 heteroatoms. The summed E-state index contributed by atoms with van der Waals surface area (Å²) in [7, 11) is 0. The quantitative estimate of drug-likeness (QED) is 0.724. The molecule has 0 radical (unpaired) electrons. The van der Waals surface area contributed by atoms with E-state index in [0.717, 1.165) is 16.4 Å². The minimum Gasteiger partial charge on any atom is -0.468 e. The van der Waals surface area contributed by atoms with Crippen molar-refractivity contribution < 1.29 is 9.21 Å². The van der Waals surface area contributed by atoms with Crippen LogP contribution in [0.3, 0.4) is 0 Å². The monoisotopic (exact) mass is 185 g/mol. The van der Waals surface area contributed by atoms with Gasteiger partial charge in [-0.1, -0.05) is 0 Å². The molecule has 0 unspecified atom stereocenters. The number of hydrogen-bond donors (Lipinski definition) is 1. The number of hydrogen-bond acceptors (Lipinski definition) is 3. The topological polar surface area (TPSA) is 56.2 Å². The maximum Gasteiger partial charge on any atom is 0.218 e. The molecular formula is C8H11NO2S. The van der Waals surface area contributed by atoms with Crippen LogP contribution in [0, 0.1) is 6.92 Å². The molecule has 0 aliphatic carbocycles. The van der Waals surface area contributed by atoms with Crippen molar-refractivity contribution in [1.82, 2.24) is 0 Å². The van der Waals surface area contributed by atoms with Crippen LogP contribution in [0.2, 0.25) is 0 Å². The lowest BCUT2D eigenvalue weighted by Gasteiger charge is -1.95. The van der Waals surface area contributed by atoms with Gasteiger partial charge in [0.05, 0.1) is 6.26 Å². The summed E-state index contributed by atoms with van der Waals surface area (Å²) >= 11 is 1.59. The SMILES string of the molecule is Cc1occc1SCCC(N)=O. The molecule has 66 valence electrons. The van der Waals surface area contributed by atoms with Crippen molar-refractivity contribution in [2.75, 3.05) is 5.75 Å². The van der Waals surface area contributed by atoms with E-state index >= 15 is 0 Å². The molecule has 0 spiro atoms. The van der Waals surface area contributed by atoms with Gasteiger partial charge in [-0.25, -0.2) is 0 Å². The number of furan rings is 1. The van der Waals surface area contributed by atoms with E-state index in [-0.39, 0.29) is 5.91 Å². The average Bonchev–Trinajstić information content (AvgIpc) is 2.36. The molecule has 1 aromatic heterocycles. The normalized spacial score (nSPS) is 10.1. The van der Waals surface area contributed by atoms with E-state index in [4.69, 9.17) is 10.2 Å². The second kappa shape index (κ2) is 4.21. The maximum absolute atomic E-state index is 10.4. The summed E-state index contributed by atoms with van der Waals surface area (Å²) in [5.41, 5.74) is 4.99. The minimum absolute atomic E-state index is 0.261. The summed E-state index contributed by atoms with van der Waals surface area (Å²) in [5, 5.41) is 0. The van der Waals surface area contributed by atoms with Gasteiger partial charge >= 0.3 is 0 Å². The van der Waals surface area contributed by atoms with Crippen LogP contribution in [-0.4, -0.2) is 11.7 Å². The summed E-state index contributed by atoms with van der Waals surface area (Å²) in [5.74, 6) is 1.35. The Bertz CT molecular complexity index is 270. The van der Waals surface area contributed by atoms with Crippen molar-refractivity contribution in [3.8, 4) is 0 Å². The van der Waals surface area contributed by atoms with Crippen molar-refractivity contribution in [2.45, 2.75) is 18.2 Å². The van der Waals surface area contributed by atoms with Gasteiger partial charge in [0.2, 0.25) is 5.91 Å². The second-order valence-electron chi connectivity index (χ2n) is 2.41. The van der Waals surface area contributed by atoms with Gasteiger partial charge in [0.1, 0.15) is 5.76 Å². The fourth-order valence-electron chi connectivity index (χ4n) is 0.785. The lowest BCUT2D eigenvalue weighted by atomic mass is 10.5. The Kier molecular flexibility index (Phi) is 3.22. The number of rotatable bonds is 4. The molecule has 1 aromatic rings. The largest absolute Gasteiger partial charge is 0.468 e. The minimum atomic E-state index is -0.261. The Morgan fingerprint density at radius 3 is 3.00 bits per heavy atom. The highest BCUT2D eigenvalue weighted by molar-refractivity contribution is 7.99. The fraction of sp³-hybridized carbons (Fsp3) is 0.375. The van der Waals surface area contributed by atoms with E-state index in [2.05, 4.69) is 0 Å². The van der Waals surface area contributed by atoms with Crippen molar-refractivity contribution >= 4 is 17.7 Å². The number of aryl methyl sites for hydroxylation is 1. The number of nitrogens with two attached hydrogens (primary N) is 1. The Balaban J connectivity index is 2.33. The van der Waals surface area contributed by atoms with Gasteiger partial charge in [0.15, 0.2) is 0 Å². The third kappa shape index (κ3) is 2.62. The molecule has 0 aromatic carbocycles. The third-order valence-electron chi connectivity index (χ3n) is 1.42.